The maximum Gasteiger partial charge on any atom is 0.407 e. The van der Waals surface area contributed by atoms with Gasteiger partial charge in [-0.05, 0) is 18.6 Å². The summed E-state index contributed by atoms with van der Waals surface area (Å²) in [5.41, 5.74) is 2.26. The molecule has 22 heavy (non-hydrogen) atoms. The molecule has 1 fully saturated rings. The number of carbonyl (C=O) groups is 2. The van der Waals surface area contributed by atoms with E-state index in [-0.39, 0.29) is 12.5 Å². The number of pyridine rings is 1. The molecule has 2 heterocycles. The van der Waals surface area contributed by atoms with E-state index in [4.69, 9.17) is 0 Å². The van der Waals surface area contributed by atoms with Crippen molar-refractivity contribution < 1.29 is 14.3 Å². The number of carbonyl (C=O) groups excluding carboxylic acids is 2. The summed E-state index contributed by atoms with van der Waals surface area (Å²) < 4.78 is 4.45. The van der Waals surface area contributed by atoms with Crippen LogP contribution in [0.4, 0.5) is 4.79 Å². The van der Waals surface area contributed by atoms with Gasteiger partial charge in [-0.3, -0.25) is 14.7 Å². The van der Waals surface area contributed by atoms with Gasteiger partial charge in [0.1, 0.15) is 6.54 Å². The van der Waals surface area contributed by atoms with Crippen LogP contribution in [0.25, 0.3) is 0 Å². The van der Waals surface area contributed by atoms with E-state index in [0.29, 0.717) is 13.1 Å². The lowest BCUT2D eigenvalue weighted by Crippen LogP contribution is -2.50. The van der Waals surface area contributed by atoms with Crippen molar-refractivity contribution in [1.29, 1.82) is 0 Å². The third-order valence-corrected chi connectivity index (χ3v) is 3.79. The Labute approximate surface area is 130 Å². The van der Waals surface area contributed by atoms with Crippen LogP contribution >= 0.6 is 0 Å². The van der Waals surface area contributed by atoms with Crippen molar-refractivity contribution in [3.8, 4) is 0 Å². The second-order valence-corrected chi connectivity index (χ2v) is 5.27. The molecule has 0 aliphatic carbocycles. The average molecular weight is 306 g/mol. The van der Waals surface area contributed by atoms with Crippen LogP contribution in [0.2, 0.25) is 0 Å². The highest BCUT2D eigenvalue weighted by molar-refractivity contribution is 5.82. The van der Waals surface area contributed by atoms with Crippen molar-refractivity contribution in [2.24, 2.45) is 0 Å². The van der Waals surface area contributed by atoms with Crippen LogP contribution in [0.15, 0.2) is 18.3 Å². The van der Waals surface area contributed by atoms with E-state index in [1.807, 2.05) is 6.07 Å². The van der Waals surface area contributed by atoms with Gasteiger partial charge in [0.2, 0.25) is 5.91 Å². The highest BCUT2D eigenvalue weighted by atomic mass is 16.5. The lowest BCUT2D eigenvalue weighted by molar-refractivity contribution is -0.131. The Bertz CT molecular complexity index is 527. The summed E-state index contributed by atoms with van der Waals surface area (Å²) in [7, 11) is 1.28. The molecule has 0 radical (unpaired) electrons. The third kappa shape index (κ3) is 4.42. The van der Waals surface area contributed by atoms with Crippen molar-refractivity contribution in [3.63, 3.8) is 0 Å². The molecule has 2 amide bonds. The number of rotatable bonds is 4. The molecular formula is C15H22N4O3. The second-order valence-electron chi connectivity index (χ2n) is 5.27. The van der Waals surface area contributed by atoms with Crippen LogP contribution in [-0.2, 0) is 16.1 Å². The van der Waals surface area contributed by atoms with Crippen LogP contribution in [0.5, 0.6) is 0 Å². The molecule has 0 unspecified atom stereocenters. The SMILES string of the molecule is COC(=O)NCC(=O)N1CCN(Cc2ncccc2C)CC1. The van der Waals surface area contributed by atoms with Gasteiger partial charge >= 0.3 is 6.09 Å². The quantitative estimate of drug-likeness (QED) is 0.871. The number of hydrogen-bond donors (Lipinski definition) is 1. The normalized spacial score (nSPS) is 15.5. The maximum absolute atomic E-state index is 12.0. The van der Waals surface area contributed by atoms with E-state index in [1.165, 1.54) is 12.7 Å². The molecule has 0 bridgehead atoms. The molecule has 1 aliphatic heterocycles. The van der Waals surface area contributed by atoms with Crippen LogP contribution in [0.3, 0.4) is 0 Å². The Hall–Kier alpha value is -2.15. The molecule has 0 atom stereocenters. The molecule has 7 nitrogen and oxygen atoms in total. The topological polar surface area (TPSA) is 74.8 Å². The summed E-state index contributed by atoms with van der Waals surface area (Å²) in [5.74, 6) is -0.0842. The molecule has 1 aliphatic rings. The van der Waals surface area contributed by atoms with Gasteiger partial charge in [0, 0.05) is 38.9 Å². The first-order valence-electron chi connectivity index (χ1n) is 7.32. The van der Waals surface area contributed by atoms with Crippen molar-refractivity contribution in [3.05, 3.63) is 29.6 Å². The number of alkyl carbamates (subject to hydrolysis) is 1. The Morgan fingerprint density at radius 1 is 1.32 bits per heavy atom. The van der Waals surface area contributed by atoms with E-state index in [1.54, 1.807) is 11.1 Å². The summed E-state index contributed by atoms with van der Waals surface area (Å²) in [6.45, 7) is 5.77. The zero-order chi connectivity index (χ0) is 15.9. The molecule has 1 aromatic rings. The van der Waals surface area contributed by atoms with Crippen molar-refractivity contribution in [2.45, 2.75) is 13.5 Å². The molecule has 7 heteroatoms. The fourth-order valence-electron chi connectivity index (χ4n) is 2.38. The number of nitrogens with zero attached hydrogens (tertiary/aromatic N) is 3. The van der Waals surface area contributed by atoms with Gasteiger partial charge in [-0.25, -0.2) is 4.79 Å². The average Bonchev–Trinajstić information content (AvgIpc) is 2.55. The molecule has 120 valence electrons. The van der Waals surface area contributed by atoms with Gasteiger partial charge in [0.25, 0.3) is 0 Å². The van der Waals surface area contributed by atoms with E-state index in [0.717, 1.165) is 25.3 Å². The van der Waals surface area contributed by atoms with E-state index in [2.05, 4.69) is 32.9 Å². The fraction of sp³-hybridized carbons (Fsp3) is 0.533. The minimum absolute atomic E-state index is 0.0218. The molecule has 1 aromatic heterocycles. The smallest absolute Gasteiger partial charge is 0.407 e. The van der Waals surface area contributed by atoms with E-state index in [9.17, 15) is 9.59 Å². The van der Waals surface area contributed by atoms with Crippen LogP contribution in [0.1, 0.15) is 11.3 Å². The van der Waals surface area contributed by atoms with Gasteiger partial charge in [0.15, 0.2) is 0 Å². The van der Waals surface area contributed by atoms with E-state index >= 15 is 0 Å². The van der Waals surface area contributed by atoms with Crippen LogP contribution < -0.4 is 5.32 Å². The molecular weight excluding hydrogens is 284 g/mol. The van der Waals surface area contributed by atoms with Crippen molar-refractivity contribution in [1.82, 2.24) is 20.1 Å². The highest BCUT2D eigenvalue weighted by Crippen LogP contribution is 2.10. The monoisotopic (exact) mass is 306 g/mol. The fourth-order valence-corrected chi connectivity index (χ4v) is 2.38. The Kier molecular flexibility index (Phi) is 5.71. The first-order valence-corrected chi connectivity index (χ1v) is 7.32. The summed E-state index contributed by atoms with van der Waals surface area (Å²) in [5, 5.41) is 2.41. The zero-order valence-electron chi connectivity index (χ0n) is 13.0. The number of aryl methyl sites for hydroxylation is 1. The van der Waals surface area contributed by atoms with E-state index < -0.39 is 6.09 Å². The van der Waals surface area contributed by atoms with Gasteiger partial charge in [0.05, 0.1) is 12.8 Å². The molecule has 1 N–H and O–H groups in total. The lowest BCUT2D eigenvalue weighted by Gasteiger charge is -2.34. The maximum atomic E-state index is 12.0. The minimum Gasteiger partial charge on any atom is -0.453 e. The highest BCUT2D eigenvalue weighted by Gasteiger charge is 2.21. The zero-order valence-corrected chi connectivity index (χ0v) is 13.0. The number of ether oxygens (including phenoxy) is 1. The number of piperazine rings is 1. The minimum atomic E-state index is -0.586. The number of nitrogens with one attached hydrogen (secondary N) is 1. The molecule has 1 saturated heterocycles. The molecule has 0 spiro atoms. The predicted molar refractivity (Wildman–Crippen MR) is 81.2 cm³/mol. The van der Waals surface area contributed by atoms with Crippen LogP contribution in [0, 0.1) is 6.92 Å². The molecule has 0 saturated carbocycles. The van der Waals surface area contributed by atoms with Gasteiger partial charge in [-0.15, -0.1) is 0 Å². The van der Waals surface area contributed by atoms with Crippen molar-refractivity contribution >= 4 is 12.0 Å². The summed E-state index contributed by atoms with van der Waals surface area (Å²) in [4.78, 5) is 31.4. The standard InChI is InChI=1S/C15H22N4O3/c1-12-4-3-5-16-13(12)11-18-6-8-19(9-7-18)14(20)10-17-15(21)22-2/h3-5H,6-11H2,1-2H3,(H,17,21). The van der Waals surface area contributed by atoms with Crippen molar-refractivity contribution in [2.75, 3.05) is 39.8 Å². The number of aromatic nitrogens is 1. The van der Waals surface area contributed by atoms with Gasteiger partial charge in [-0.1, -0.05) is 6.07 Å². The second kappa shape index (κ2) is 7.74. The van der Waals surface area contributed by atoms with Gasteiger partial charge < -0.3 is 15.0 Å². The molecule has 0 aromatic carbocycles. The molecule has 2 rings (SSSR count). The first kappa shape index (κ1) is 16.2. The Morgan fingerprint density at radius 2 is 2.05 bits per heavy atom. The Morgan fingerprint density at radius 3 is 2.68 bits per heavy atom. The number of amides is 2. The summed E-state index contributed by atoms with van der Waals surface area (Å²) in [6, 6.07) is 3.99. The number of hydrogen-bond acceptors (Lipinski definition) is 5. The predicted octanol–water partition coefficient (Wildman–Crippen LogP) is 0.390. The summed E-state index contributed by atoms with van der Waals surface area (Å²) >= 11 is 0. The number of methoxy groups -OCH3 is 1. The largest absolute Gasteiger partial charge is 0.453 e. The summed E-state index contributed by atoms with van der Waals surface area (Å²) in [6.07, 6.45) is 1.22. The third-order valence-electron chi connectivity index (χ3n) is 3.79. The first-order chi connectivity index (χ1) is 10.6. The van der Waals surface area contributed by atoms with Gasteiger partial charge in [-0.2, -0.15) is 0 Å². The van der Waals surface area contributed by atoms with Crippen LogP contribution in [-0.4, -0.2) is 66.6 Å². The Balaban J connectivity index is 1.77. The lowest BCUT2D eigenvalue weighted by atomic mass is 10.2.